The van der Waals surface area contributed by atoms with Gasteiger partial charge in [0.2, 0.25) is 0 Å². The molecule has 0 aliphatic carbocycles. The predicted octanol–water partition coefficient (Wildman–Crippen LogP) is 3.65. The lowest BCUT2D eigenvalue weighted by Gasteiger charge is -2.29. The number of amides is 1. The first-order valence-corrected chi connectivity index (χ1v) is 8.93. The van der Waals surface area contributed by atoms with Gasteiger partial charge in [0.1, 0.15) is 0 Å². The summed E-state index contributed by atoms with van der Waals surface area (Å²) in [5.74, 6) is 0.560. The van der Waals surface area contributed by atoms with Crippen molar-refractivity contribution < 1.29 is 19.2 Å². The standard InChI is InChI=1S/C19H26N2O4/c1-13-15(9-12-24-2)4-5-16-17(20-25-18(13)16)6-3-14-7-10-21(11-8-14)19(22)23/h4-5,14H,3,6-12H2,1-2H3,(H,22,23). The lowest BCUT2D eigenvalue weighted by molar-refractivity contribution is 0.123. The summed E-state index contributed by atoms with van der Waals surface area (Å²) in [6.07, 6.45) is 3.84. The highest BCUT2D eigenvalue weighted by Crippen LogP contribution is 2.28. The molecule has 1 aromatic heterocycles. The van der Waals surface area contributed by atoms with Gasteiger partial charge in [-0.25, -0.2) is 4.79 Å². The van der Waals surface area contributed by atoms with Crippen molar-refractivity contribution in [2.75, 3.05) is 26.8 Å². The number of hydrogen-bond donors (Lipinski definition) is 1. The Kier molecular flexibility index (Phi) is 5.58. The van der Waals surface area contributed by atoms with E-state index < -0.39 is 6.09 Å². The van der Waals surface area contributed by atoms with Crippen molar-refractivity contribution in [3.8, 4) is 0 Å². The molecule has 1 aliphatic rings. The highest BCUT2D eigenvalue weighted by atomic mass is 16.5. The third kappa shape index (κ3) is 3.95. The van der Waals surface area contributed by atoms with Gasteiger partial charge in [-0.3, -0.25) is 0 Å². The lowest BCUT2D eigenvalue weighted by Crippen LogP contribution is -2.37. The Bertz CT molecular complexity index is 732. The van der Waals surface area contributed by atoms with E-state index in [-0.39, 0.29) is 0 Å². The Labute approximate surface area is 147 Å². The number of fused-ring (bicyclic) bond motifs is 1. The molecular formula is C19H26N2O4. The zero-order valence-corrected chi connectivity index (χ0v) is 15.0. The van der Waals surface area contributed by atoms with Crippen molar-refractivity contribution in [1.29, 1.82) is 0 Å². The number of ether oxygens (including phenoxy) is 1. The maximum Gasteiger partial charge on any atom is 0.407 e. The lowest BCUT2D eigenvalue weighted by atomic mass is 9.91. The van der Waals surface area contributed by atoms with Crippen molar-refractivity contribution in [2.24, 2.45) is 5.92 Å². The number of rotatable bonds is 6. The Morgan fingerprint density at radius 3 is 2.80 bits per heavy atom. The number of nitrogens with zero attached hydrogens (tertiary/aromatic N) is 2. The van der Waals surface area contributed by atoms with Gasteiger partial charge in [0, 0.05) is 25.6 Å². The quantitative estimate of drug-likeness (QED) is 0.864. The molecule has 1 amide bonds. The van der Waals surface area contributed by atoms with Crippen molar-refractivity contribution in [1.82, 2.24) is 10.1 Å². The van der Waals surface area contributed by atoms with E-state index in [1.807, 2.05) is 0 Å². The maximum absolute atomic E-state index is 11.0. The van der Waals surface area contributed by atoms with Crippen molar-refractivity contribution in [2.45, 2.75) is 39.0 Å². The van der Waals surface area contributed by atoms with Gasteiger partial charge >= 0.3 is 6.09 Å². The number of hydrogen-bond acceptors (Lipinski definition) is 4. The van der Waals surface area contributed by atoms with Gasteiger partial charge in [-0.2, -0.15) is 0 Å². The molecule has 1 aromatic carbocycles. The Morgan fingerprint density at radius 1 is 1.36 bits per heavy atom. The zero-order valence-electron chi connectivity index (χ0n) is 15.0. The number of likely N-dealkylation sites (tertiary alicyclic amines) is 1. The first-order valence-electron chi connectivity index (χ1n) is 8.93. The second kappa shape index (κ2) is 7.87. The van der Waals surface area contributed by atoms with Crippen LogP contribution < -0.4 is 0 Å². The highest BCUT2D eigenvalue weighted by molar-refractivity contribution is 5.83. The first kappa shape index (κ1) is 17.7. The fraction of sp³-hybridized carbons (Fsp3) is 0.579. The molecule has 1 N–H and O–H groups in total. The van der Waals surface area contributed by atoms with Crippen molar-refractivity contribution in [3.63, 3.8) is 0 Å². The summed E-state index contributed by atoms with van der Waals surface area (Å²) < 4.78 is 10.8. The van der Waals surface area contributed by atoms with Crippen LogP contribution in [0.3, 0.4) is 0 Å². The summed E-state index contributed by atoms with van der Waals surface area (Å²) in [5.41, 5.74) is 4.27. The number of carboxylic acid groups (broad SMARTS) is 1. The van der Waals surface area contributed by atoms with Gasteiger partial charge < -0.3 is 19.3 Å². The normalized spacial score (nSPS) is 15.8. The smallest absolute Gasteiger partial charge is 0.407 e. The maximum atomic E-state index is 11.0. The Morgan fingerprint density at radius 2 is 2.12 bits per heavy atom. The summed E-state index contributed by atoms with van der Waals surface area (Å²) >= 11 is 0. The summed E-state index contributed by atoms with van der Waals surface area (Å²) in [6.45, 7) is 4.05. The zero-order chi connectivity index (χ0) is 17.8. The molecule has 0 atom stereocenters. The largest absolute Gasteiger partial charge is 0.465 e. The molecule has 0 radical (unpaired) electrons. The molecule has 25 heavy (non-hydrogen) atoms. The van der Waals surface area contributed by atoms with E-state index in [1.54, 1.807) is 7.11 Å². The fourth-order valence-electron chi connectivity index (χ4n) is 3.64. The van der Waals surface area contributed by atoms with Crippen molar-refractivity contribution in [3.05, 3.63) is 29.0 Å². The molecule has 2 heterocycles. The van der Waals surface area contributed by atoms with Gasteiger partial charge in [0.25, 0.3) is 0 Å². The predicted molar refractivity (Wildman–Crippen MR) is 95.0 cm³/mol. The van der Waals surface area contributed by atoms with Crippen LogP contribution in [0.15, 0.2) is 16.7 Å². The molecular weight excluding hydrogens is 320 g/mol. The second-order valence-corrected chi connectivity index (χ2v) is 6.85. The SMILES string of the molecule is COCCc1ccc2c(CCC3CCN(C(=O)O)CC3)noc2c1C. The van der Waals surface area contributed by atoms with Crippen molar-refractivity contribution >= 4 is 17.1 Å². The molecule has 0 bridgehead atoms. The molecule has 0 saturated carbocycles. The van der Waals surface area contributed by atoms with Gasteiger partial charge in [0.05, 0.1) is 12.3 Å². The Balaban J connectivity index is 1.63. The number of carbonyl (C=O) groups is 1. The summed E-state index contributed by atoms with van der Waals surface area (Å²) in [5, 5.41) is 14.4. The Hall–Kier alpha value is -2.08. The van der Waals surface area contributed by atoms with Crippen LogP contribution in [0.4, 0.5) is 4.79 Å². The second-order valence-electron chi connectivity index (χ2n) is 6.85. The van der Waals surface area contributed by atoms with E-state index in [2.05, 4.69) is 24.2 Å². The minimum Gasteiger partial charge on any atom is -0.465 e. The third-order valence-corrected chi connectivity index (χ3v) is 5.33. The minimum absolute atomic E-state index is 0.560. The number of methoxy groups -OCH3 is 1. The van der Waals surface area contributed by atoms with E-state index in [0.29, 0.717) is 25.6 Å². The number of aromatic nitrogens is 1. The molecule has 1 fully saturated rings. The number of benzene rings is 1. The topological polar surface area (TPSA) is 75.8 Å². The van der Waals surface area contributed by atoms with Crippen LogP contribution in [0.5, 0.6) is 0 Å². The molecule has 0 unspecified atom stereocenters. The van der Waals surface area contributed by atoms with Crippen LogP contribution in [-0.2, 0) is 17.6 Å². The van der Waals surface area contributed by atoms with Crippen LogP contribution >= 0.6 is 0 Å². The van der Waals surface area contributed by atoms with E-state index in [0.717, 1.165) is 54.3 Å². The monoisotopic (exact) mass is 346 g/mol. The summed E-state index contributed by atoms with van der Waals surface area (Å²) in [4.78, 5) is 12.5. The van der Waals surface area contributed by atoms with Crippen LogP contribution in [0, 0.1) is 12.8 Å². The molecule has 6 heteroatoms. The van der Waals surface area contributed by atoms with Crippen LogP contribution in [0.1, 0.15) is 36.1 Å². The van der Waals surface area contributed by atoms with Gasteiger partial charge in [-0.05, 0) is 62.1 Å². The van der Waals surface area contributed by atoms with Gasteiger partial charge in [0.15, 0.2) is 5.58 Å². The number of aryl methyl sites for hydroxylation is 2. The van der Waals surface area contributed by atoms with E-state index in [9.17, 15) is 4.79 Å². The highest BCUT2D eigenvalue weighted by Gasteiger charge is 2.23. The van der Waals surface area contributed by atoms with Gasteiger partial charge in [-0.1, -0.05) is 11.2 Å². The molecule has 6 nitrogen and oxygen atoms in total. The third-order valence-electron chi connectivity index (χ3n) is 5.33. The van der Waals surface area contributed by atoms with Crippen LogP contribution in [-0.4, -0.2) is 48.1 Å². The molecule has 1 saturated heterocycles. The van der Waals surface area contributed by atoms with E-state index >= 15 is 0 Å². The van der Waals surface area contributed by atoms with Gasteiger partial charge in [-0.15, -0.1) is 0 Å². The van der Waals surface area contributed by atoms with E-state index in [1.165, 1.54) is 10.5 Å². The molecule has 1 aliphatic heterocycles. The average molecular weight is 346 g/mol. The fourth-order valence-corrected chi connectivity index (χ4v) is 3.64. The first-order chi connectivity index (χ1) is 12.1. The molecule has 2 aromatic rings. The van der Waals surface area contributed by atoms with E-state index in [4.69, 9.17) is 14.4 Å². The summed E-state index contributed by atoms with van der Waals surface area (Å²) in [7, 11) is 1.71. The summed E-state index contributed by atoms with van der Waals surface area (Å²) in [6, 6.07) is 4.24. The molecule has 3 rings (SSSR count). The minimum atomic E-state index is -0.805. The number of piperidine rings is 1. The average Bonchev–Trinajstić information content (AvgIpc) is 3.03. The van der Waals surface area contributed by atoms with Crippen LogP contribution in [0.2, 0.25) is 0 Å². The van der Waals surface area contributed by atoms with Crippen LogP contribution in [0.25, 0.3) is 11.0 Å². The molecule has 136 valence electrons. The molecule has 0 spiro atoms.